The van der Waals surface area contributed by atoms with Gasteiger partial charge in [0.15, 0.2) is 38.8 Å². The van der Waals surface area contributed by atoms with Crippen LogP contribution in [0.5, 0.6) is 0 Å². The average Bonchev–Trinajstić information content (AvgIpc) is 1.78. The molecule has 0 saturated carbocycles. The number of imide groups is 1. The molecule has 2 atom stereocenters. The van der Waals surface area contributed by atoms with E-state index in [9.17, 15) is 71.9 Å². The maximum Gasteiger partial charge on any atom is 0.250 e. The van der Waals surface area contributed by atoms with Crippen LogP contribution in [-0.4, -0.2) is 266 Å². The number of Topliss-reactive ketones (excluding diaryl/α,β-unsaturated/α-hetero) is 7. The van der Waals surface area contributed by atoms with E-state index in [1.54, 1.807) is 24.3 Å². The number of anilines is 1. The summed E-state index contributed by atoms with van der Waals surface area (Å²) < 4.78 is 48.1. The molecule has 2 unspecified atom stereocenters. The highest BCUT2D eigenvalue weighted by molar-refractivity contribution is 8.94. The predicted molar refractivity (Wildman–Crippen MR) is 354 cm³/mol. The molecule has 2 heterocycles. The van der Waals surface area contributed by atoms with E-state index >= 15 is 0 Å². The van der Waals surface area contributed by atoms with Gasteiger partial charge >= 0.3 is 0 Å². The normalized spacial score (nSPS) is 14.3. The molecule has 1 aromatic rings. The molecule has 31 nitrogen and oxygen atoms in total. The van der Waals surface area contributed by atoms with E-state index in [0.717, 1.165) is 43.0 Å². The summed E-state index contributed by atoms with van der Waals surface area (Å²) in [7, 11) is 4.05. The second kappa shape index (κ2) is 48.3. The van der Waals surface area contributed by atoms with Crippen molar-refractivity contribution in [3.8, 4) is 0 Å². The number of benzene rings is 1. The lowest BCUT2D eigenvalue weighted by Gasteiger charge is -2.23. The molecule has 542 valence electrons. The molecule has 0 aliphatic carbocycles. The number of ketones is 7. The van der Waals surface area contributed by atoms with Gasteiger partial charge in [0, 0.05) is 103 Å². The number of hydrogen-bond donors (Lipinski definition) is 6. The highest BCUT2D eigenvalue weighted by Gasteiger charge is 2.57. The zero-order valence-corrected chi connectivity index (χ0v) is 58.2. The van der Waals surface area contributed by atoms with Crippen LogP contribution in [-0.2, 0) is 121 Å². The Hall–Kier alpha value is -6.44. The molecule has 0 bridgehead atoms. The van der Waals surface area contributed by atoms with Gasteiger partial charge < -0.3 is 74.5 Å². The Morgan fingerprint density at radius 2 is 1.08 bits per heavy atom. The summed E-state index contributed by atoms with van der Waals surface area (Å²) in [5, 5.41) is 14.8. The topological polar surface area (TPSA) is 415 Å². The minimum Gasteiger partial charge on any atom is -0.379 e. The van der Waals surface area contributed by atoms with Crippen molar-refractivity contribution in [1.82, 2.24) is 31.5 Å². The van der Waals surface area contributed by atoms with Gasteiger partial charge in [0.2, 0.25) is 52.7 Å². The Morgan fingerprint density at radius 3 is 1.63 bits per heavy atom. The van der Waals surface area contributed by atoms with Crippen molar-refractivity contribution in [1.29, 1.82) is 0 Å². The molecule has 2 aliphatic rings. The zero-order chi connectivity index (χ0) is 71.4. The lowest BCUT2D eigenvalue weighted by atomic mass is 9.72. The molecule has 2 saturated heterocycles. The summed E-state index contributed by atoms with van der Waals surface area (Å²) in [6.07, 6.45) is 0.961. The third-order valence-corrected chi connectivity index (χ3v) is 18.7. The number of carbonyl (C=O) groups is 15. The molecule has 6 N–H and O–H groups in total. The summed E-state index contributed by atoms with van der Waals surface area (Å²) in [5.41, 5.74) is -1.08. The van der Waals surface area contributed by atoms with Crippen LogP contribution in [0.2, 0.25) is 0 Å². The van der Waals surface area contributed by atoms with Gasteiger partial charge in [0.05, 0.1) is 104 Å². The van der Waals surface area contributed by atoms with E-state index in [1.807, 2.05) is 0 Å². The van der Waals surface area contributed by atoms with Gasteiger partial charge in [-0.05, 0) is 58.2 Å². The summed E-state index contributed by atoms with van der Waals surface area (Å²) in [4.78, 5) is 188. The Labute approximate surface area is 575 Å². The van der Waals surface area contributed by atoms with E-state index in [-0.39, 0.29) is 172 Å². The molecular formula is C63H93N7O24S3. The monoisotopic (exact) mass is 1430 g/mol. The molecule has 3 rings (SSSR count). The first kappa shape index (κ1) is 84.8. The fourth-order valence-electron chi connectivity index (χ4n) is 9.13. The molecule has 2 aliphatic heterocycles. The lowest BCUT2D eigenvalue weighted by Crippen LogP contribution is -2.53. The molecule has 2 fully saturated rings. The van der Waals surface area contributed by atoms with Crippen LogP contribution < -0.4 is 31.9 Å². The van der Waals surface area contributed by atoms with E-state index in [0.29, 0.717) is 64.8 Å². The van der Waals surface area contributed by atoms with E-state index in [2.05, 4.69) is 31.9 Å². The smallest absolute Gasteiger partial charge is 0.250 e. The number of aryl methyl sites for hydroxylation is 1. The van der Waals surface area contributed by atoms with E-state index in [4.69, 9.17) is 42.6 Å². The minimum atomic E-state index is -2.32. The van der Waals surface area contributed by atoms with Crippen molar-refractivity contribution in [2.24, 2.45) is 5.41 Å². The van der Waals surface area contributed by atoms with Gasteiger partial charge in [0.1, 0.15) is 25.0 Å². The van der Waals surface area contributed by atoms with Crippen molar-refractivity contribution in [3.63, 3.8) is 0 Å². The highest BCUT2D eigenvalue weighted by Crippen LogP contribution is 2.66. The largest absolute Gasteiger partial charge is 0.379 e. The molecule has 0 aromatic heterocycles. The zero-order valence-electron chi connectivity index (χ0n) is 55.8. The summed E-state index contributed by atoms with van der Waals surface area (Å²) >= 11 is 1.10. The van der Waals surface area contributed by atoms with Crippen LogP contribution in [0, 0.1) is 5.41 Å². The Morgan fingerprint density at radius 1 is 0.557 bits per heavy atom. The summed E-state index contributed by atoms with van der Waals surface area (Å²) in [6, 6.07) is 5.39. The third kappa shape index (κ3) is 33.3. The number of amides is 8. The van der Waals surface area contributed by atoms with Crippen LogP contribution in [0.4, 0.5) is 5.69 Å². The number of nitrogens with one attached hydrogen (secondary N) is 6. The van der Waals surface area contributed by atoms with Crippen molar-refractivity contribution < 1.29 is 115 Å². The maximum atomic E-state index is 13.4. The van der Waals surface area contributed by atoms with Crippen molar-refractivity contribution in [2.45, 2.75) is 107 Å². The van der Waals surface area contributed by atoms with Gasteiger partial charge in [-0.3, -0.25) is 76.8 Å². The molecule has 0 spiro atoms. The number of nitrogens with zero attached hydrogens (tertiary/aromatic N) is 1. The fourth-order valence-corrected chi connectivity index (χ4v) is 12.5. The number of likely N-dealkylation sites (tertiary alicyclic amines) is 1. The van der Waals surface area contributed by atoms with Crippen LogP contribution in [0.25, 0.3) is 0 Å². The SMILES string of the molecule is CNC(=O)CCNC(=O)CCc1ccc(NC(=O)COCC(=O)NC(CNC(=O)CCSC2CC(=O)N(CCC(=O)CCCOCCOCCOCCOCCC(=O)C3(C(C)=O)SS3)C2=O)C(=O)NCCOCCOCCOCCOCCC(=O)C(C(C)=O)(C(C)=O)C(C)=O)cc1. The van der Waals surface area contributed by atoms with Gasteiger partial charge in [0.25, 0.3) is 0 Å². The van der Waals surface area contributed by atoms with Crippen molar-refractivity contribution >= 4 is 127 Å². The summed E-state index contributed by atoms with van der Waals surface area (Å²) in [5.74, 6) is -7.58. The van der Waals surface area contributed by atoms with E-state index < -0.39 is 92.6 Å². The van der Waals surface area contributed by atoms with Crippen LogP contribution in [0.15, 0.2) is 24.3 Å². The van der Waals surface area contributed by atoms with Gasteiger partial charge in [-0.2, -0.15) is 0 Å². The van der Waals surface area contributed by atoms with Gasteiger partial charge in [-0.15, -0.1) is 11.8 Å². The molecule has 34 heteroatoms. The van der Waals surface area contributed by atoms with Gasteiger partial charge in [-0.25, -0.2) is 0 Å². The number of carbonyl (C=O) groups excluding carboxylic acids is 15. The first-order valence-corrected chi connectivity index (χ1v) is 35.0. The number of hydrogen-bond acceptors (Lipinski definition) is 27. The fraction of sp³-hybridized carbons (Fsp3) is 0.667. The van der Waals surface area contributed by atoms with Crippen LogP contribution in [0.1, 0.15) is 91.0 Å². The lowest BCUT2D eigenvalue weighted by molar-refractivity contribution is -0.154. The molecule has 8 amide bonds. The Bertz CT molecular complexity index is 2760. The summed E-state index contributed by atoms with van der Waals surface area (Å²) in [6.45, 7) is 6.27. The number of ether oxygens (including phenoxy) is 9. The van der Waals surface area contributed by atoms with Crippen molar-refractivity contribution in [3.05, 3.63) is 29.8 Å². The van der Waals surface area contributed by atoms with Gasteiger partial charge in [-0.1, -0.05) is 33.7 Å². The molecule has 0 radical (unpaired) electrons. The molecule has 97 heavy (non-hydrogen) atoms. The Balaban J connectivity index is 1.34. The average molecular weight is 1430 g/mol. The van der Waals surface area contributed by atoms with Crippen LogP contribution >= 0.6 is 33.3 Å². The van der Waals surface area contributed by atoms with Crippen LogP contribution in [0.3, 0.4) is 0 Å². The second-order valence-corrected chi connectivity index (χ2v) is 25.9. The number of thioether (sulfide) groups is 1. The predicted octanol–water partition coefficient (Wildman–Crippen LogP) is 0.0189. The highest BCUT2D eigenvalue weighted by atomic mass is 33.2. The first-order chi connectivity index (χ1) is 46.5. The third-order valence-electron chi connectivity index (χ3n) is 14.5. The number of rotatable bonds is 59. The van der Waals surface area contributed by atoms with Crippen molar-refractivity contribution in [2.75, 3.05) is 163 Å². The second-order valence-electron chi connectivity index (χ2n) is 21.8. The standard InChI is InChI=1S/C63H93N7O24S3/c1-43(71)62(44(2)72,45(3)73)52(76)16-23-87-27-31-91-36-37-93-33-29-89-25-20-66-60(84)50(69-58(82)42-94-41-57(81)68-48-11-8-47(9-12-48)10-13-55(79)65-19-14-54(78)64-5)40-67-56(80)18-38-95-51-39-59(83)70(61(51)85)21-15-49(75)7-6-22-86-26-30-90-34-35-92-32-28-88-24-17-53(77)63(46(4)74)96-97-63/h8-9,11-12,50-51H,6-7,10,13-42H2,1-5H3,(H,64,78)(H,65,79)(H,66,84)(H,67,80)(H,68,81)(H,69,82). The molecule has 1 aromatic carbocycles. The maximum absolute atomic E-state index is 13.4. The first-order valence-electron chi connectivity index (χ1n) is 31.8. The molecular weight excluding hydrogens is 1330 g/mol. The quantitative estimate of drug-likeness (QED) is 0.0165. The Kier molecular flexibility index (Phi) is 42.2. The minimum absolute atomic E-state index is 0.0144. The van der Waals surface area contributed by atoms with E-state index in [1.165, 1.54) is 35.6 Å².